The van der Waals surface area contributed by atoms with Crippen LogP contribution in [0.4, 0.5) is 10.5 Å². The summed E-state index contributed by atoms with van der Waals surface area (Å²) in [7, 11) is 1.57. The number of para-hydroxylation sites is 1. The number of hydrogen-bond acceptors (Lipinski definition) is 5. The molecule has 0 aliphatic carbocycles. The van der Waals surface area contributed by atoms with Crippen molar-refractivity contribution in [2.24, 2.45) is 0 Å². The first-order chi connectivity index (χ1) is 15.3. The van der Waals surface area contributed by atoms with E-state index in [1.807, 2.05) is 6.07 Å². The number of anilines is 1. The molecule has 1 saturated heterocycles. The molecule has 1 heterocycles. The summed E-state index contributed by atoms with van der Waals surface area (Å²) in [6.07, 6.45) is 0.316. The Balaban J connectivity index is 1.58. The quantitative estimate of drug-likeness (QED) is 0.526. The van der Waals surface area contributed by atoms with Crippen molar-refractivity contribution in [1.82, 2.24) is 20.7 Å². The van der Waals surface area contributed by atoms with Gasteiger partial charge in [0.15, 0.2) is 0 Å². The van der Waals surface area contributed by atoms with Crippen LogP contribution in [0.25, 0.3) is 0 Å². The van der Waals surface area contributed by atoms with Gasteiger partial charge in [0.1, 0.15) is 5.54 Å². The van der Waals surface area contributed by atoms with Gasteiger partial charge in [-0.05, 0) is 31.2 Å². The van der Waals surface area contributed by atoms with Crippen molar-refractivity contribution in [2.75, 3.05) is 25.5 Å². The Morgan fingerprint density at radius 2 is 1.66 bits per heavy atom. The molecular formula is C22H24ClN5O4. The average Bonchev–Trinajstić information content (AvgIpc) is 3.01. The SMILES string of the molecule is CCC1(c2ccccc2)NC(=O)N(NC(=O)CN(C)CC(=O)Nc2ccccc2Cl)C1=O. The minimum Gasteiger partial charge on any atom is -0.324 e. The molecule has 0 radical (unpaired) electrons. The normalized spacial score (nSPS) is 17.9. The maximum atomic E-state index is 13.0. The molecule has 9 nitrogen and oxygen atoms in total. The number of hydrogen-bond donors (Lipinski definition) is 3. The van der Waals surface area contributed by atoms with E-state index in [1.165, 1.54) is 4.90 Å². The van der Waals surface area contributed by atoms with E-state index in [9.17, 15) is 19.2 Å². The van der Waals surface area contributed by atoms with Crippen LogP contribution in [0.5, 0.6) is 0 Å². The van der Waals surface area contributed by atoms with Crippen molar-refractivity contribution < 1.29 is 19.2 Å². The number of hydrazine groups is 1. The van der Waals surface area contributed by atoms with Gasteiger partial charge in [-0.3, -0.25) is 24.7 Å². The summed E-state index contributed by atoms with van der Waals surface area (Å²) < 4.78 is 0. The molecule has 0 bridgehead atoms. The zero-order valence-corrected chi connectivity index (χ0v) is 18.5. The molecule has 1 aliphatic heterocycles. The number of benzene rings is 2. The molecule has 1 fully saturated rings. The van der Waals surface area contributed by atoms with Crippen LogP contribution in [0.15, 0.2) is 54.6 Å². The summed E-state index contributed by atoms with van der Waals surface area (Å²) in [6, 6.07) is 14.9. The van der Waals surface area contributed by atoms with Crippen LogP contribution < -0.4 is 16.1 Å². The standard InChI is InChI=1S/C22H24ClN5O4/c1-3-22(15-9-5-4-6-10-15)20(31)28(21(32)25-22)26-19(30)14-27(2)13-18(29)24-17-12-8-7-11-16(17)23/h4-12H,3,13-14H2,1-2H3,(H,24,29)(H,25,32)(H,26,30). The number of nitrogens with zero attached hydrogens (tertiary/aromatic N) is 2. The van der Waals surface area contributed by atoms with Crippen LogP contribution in [0.3, 0.4) is 0 Å². The number of halogens is 1. The average molecular weight is 458 g/mol. The second-order valence-corrected chi connectivity index (χ2v) is 7.84. The maximum absolute atomic E-state index is 13.0. The monoisotopic (exact) mass is 457 g/mol. The summed E-state index contributed by atoms with van der Waals surface area (Å²) in [5.74, 6) is -1.54. The molecule has 1 aliphatic rings. The number of amides is 5. The fourth-order valence-corrected chi connectivity index (χ4v) is 3.68. The Labute approximate surface area is 190 Å². The summed E-state index contributed by atoms with van der Waals surface area (Å²) in [6.45, 7) is 1.47. The Morgan fingerprint density at radius 3 is 2.31 bits per heavy atom. The molecule has 32 heavy (non-hydrogen) atoms. The lowest BCUT2D eigenvalue weighted by Gasteiger charge is -2.25. The van der Waals surface area contributed by atoms with Crippen LogP contribution in [0.1, 0.15) is 18.9 Å². The first-order valence-electron chi connectivity index (χ1n) is 10.0. The summed E-state index contributed by atoms with van der Waals surface area (Å²) >= 11 is 6.02. The predicted octanol–water partition coefficient (Wildman–Crippen LogP) is 2.10. The lowest BCUT2D eigenvalue weighted by Crippen LogP contribution is -2.51. The van der Waals surface area contributed by atoms with E-state index in [0.29, 0.717) is 27.7 Å². The fraction of sp³-hybridized carbons (Fsp3) is 0.273. The largest absolute Gasteiger partial charge is 0.344 e. The van der Waals surface area contributed by atoms with Gasteiger partial charge in [-0.15, -0.1) is 0 Å². The number of nitrogens with one attached hydrogen (secondary N) is 3. The Morgan fingerprint density at radius 1 is 1.03 bits per heavy atom. The van der Waals surface area contributed by atoms with Gasteiger partial charge < -0.3 is 10.6 Å². The minimum atomic E-state index is -1.24. The van der Waals surface area contributed by atoms with Crippen molar-refractivity contribution in [3.8, 4) is 0 Å². The second-order valence-electron chi connectivity index (χ2n) is 7.43. The maximum Gasteiger partial charge on any atom is 0.344 e. The van der Waals surface area contributed by atoms with Crippen LogP contribution in [-0.4, -0.2) is 53.8 Å². The third kappa shape index (κ3) is 4.90. The van der Waals surface area contributed by atoms with Crippen molar-refractivity contribution in [1.29, 1.82) is 0 Å². The molecule has 168 valence electrons. The van der Waals surface area contributed by atoms with Crippen molar-refractivity contribution in [3.05, 3.63) is 65.2 Å². The molecule has 0 spiro atoms. The molecule has 5 amide bonds. The first kappa shape index (κ1) is 23.2. The lowest BCUT2D eigenvalue weighted by molar-refractivity contribution is -0.140. The van der Waals surface area contributed by atoms with Gasteiger partial charge in [-0.2, -0.15) is 5.01 Å². The van der Waals surface area contributed by atoms with Crippen LogP contribution in [0, 0.1) is 0 Å². The van der Waals surface area contributed by atoms with E-state index in [1.54, 1.807) is 62.5 Å². The third-order valence-corrected chi connectivity index (χ3v) is 5.43. The van der Waals surface area contributed by atoms with Crippen LogP contribution >= 0.6 is 11.6 Å². The summed E-state index contributed by atoms with van der Waals surface area (Å²) in [4.78, 5) is 51.6. The predicted molar refractivity (Wildman–Crippen MR) is 120 cm³/mol. The van der Waals surface area contributed by atoms with Gasteiger partial charge in [0, 0.05) is 0 Å². The highest BCUT2D eigenvalue weighted by molar-refractivity contribution is 6.33. The molecule has 3 rings (SSSR count). The van der Waals surface area contributed by atoms with E-state index in [0.717, 1.165) is 0 Å². The summed E-state index contributed by atoms with van der Waals surface area (Å²) in [5, 5.41) is 6.45. The molecule has 1 atom stereocenters. The van der Waals surface area contributed by atoms with E-state index >= 15 is 0 Å². The molecular weight excluding hydrogens is 434 g/mol. The number of rotatable bonds is 8. The molecule has 2 aromatic carbocycles. The lowest BCUT2D eigenvalue weighted by atomic mass is 9.87. The number of likely N-dealkylation sites (N-methyl/N-ethyl adjacent to an activating group) is 1. The van der Waals surface area contributed by atoms with Crippen molar-refractivity contribution in [3.63, 3.8) is 0 Å². The van der Waals surface area contributed by atoms with E-state index < -0.39 is 23.4 Å². The van der Waals surface area contributed by atoms with Gasteiger partial charge in [-0.25, -0.2) is 4.79 Å². The molecule has 0 saturated carbocycles. The van der Waals surface area contributed by atoms with E-state index in [-0.39, 0.29) is 19.0 Å². The van der Waals surface area contributed by atoms with Crippen molar-refractivity contribution >= 4 is 41.0 Å². The fourth-order valence-electron chi connectivity index (χ4n) is 3.50. The third-order valence-electron chi connectivity index (χ3n) is 5.10. The van der Waals surface area contributed by atoms with Crippen molar-refractivity contribution in [2.45, 2.75) is 18.9 Å². The van der Waals surface area contributed by atoms with Gasteiger partial charge in [-0.1, -0.05) is 61.0 Å². The minimum absolute atomic E-state index is 0.0955. The Hall–Kier alpha value is -3.43. The Kier molecular flexibility index (Phi) is 7.12. The molecule has 3 N–H and O–H groups in total. The zero-order valence-electron chi connectivity index (χ0n) is 17.7. The molecule has 2 aromatic rings. The van der Waals surface area contributed by atoms with E-state index in [4.69, 9.17) is 11.6 Å². The van der Waals surface area contributed by atoms with Gasteiger partial charge in [0.25, 0.3) is 11.8 Å². The van der Waals surface area contributed by atoms with Crippen LogP contribution in [-0.2, 0) is 19.9 Å². The first-order valence-corrected chi connectivity index (χ1v) is 10.4. The topological polar surface area (TPSA) is 111 Å². The molecule has 10 heteroatoms. The van der Waals surface area contributed by atoms with Gasteiger partial charge >= 0.3 is 6.03 Å². The highest BCUT2D eigenvalue weighted by Gasteiger charge is 2.52. The number of imide groups is 1. The van der Waals surface area contributed by atoms with Gasteiger partial charge in [0.05, 0.1) is 23.8 Å². The molecule has 1 unspecified atom stereocenters. The molecule has 0 aromatic heterocycles. The zero-order chi connectivity index (χ0) is 23.3. The van der Waals surface area contributed by atoms with E-state index in [2.05, 4.69) is 16.1 Å². The highest BCUT2D eigenvalue weighted by atomic mass is 35.5. The highest BCUT2D eigenvalue weighted by Crippen LogP contribution is 2.31. The smallest absolute Gasteiger partial charge is 0.324 e. The van der Waals surface area contributed by atoms with Gasteiger partial charge in [0.2, 0.25) is 5.91 Å². The summed E-state index contributed by atoms with van der Waals surface area (Å²) in [5.41, 5.74) is 2.19. The van der Waals surface area contributed by atoms with Crippen LogP contribution in [0.2, 0.25) is 5.02 Å². The number of carbonyl (C=O) groups excluding carboxylic acids is 4. The Bertz CT molecular complexity index is 1030. The second kappa shape index (κ2) is 9.80. The number of carbonyl (C=O) groups is 4. The number of urea groups is 1.